The van der Waals surface area contributed by atoms with Gasteiger partial charge in [0.25, 0.3) is 0 Å². The van der Waals surface area contributed by atoms with Gasteiger partial charge in [0.1, 0.15) is 0 Å². The Morgan fingerprint density at radius 2 is 1.83 bits per heavy atom. The minimum absolute atomic E-state index is 0.134. The van der Waals surface area contributed by atoms with Crippen molar-refractivity contribution in [1.29, 1.82) is 0 Å². The van der Waals surface area contributed by atoms with Gasteiger partial charge in [-0.1, -0.05) is 30.8 Å². The Morgan fingerprint density at radius 1 is 1.08 bits per heavy atom. The maximum absolute atomic E-state index is 12.9. The van der Waals surface area contributed by atoms with E-state index in [-0.39, 0.29) is 5.91 Å². The van der Waals surface area contributed by atoms with E-state index in [9.17, 15) is 18.0 Å². The van der Waals surface area contributed by atoms with Crippen LogP contribution in [0, 0.1) is 0 Å². The van der Waals surface area contributed by atoms with Crippen molar-refractivity contribution in [2.45, 2.75) is 19.1 Å². The van der Waals surface area contributed by atoms with Gasteiger partial charge in [0.15, 0.2) is 0 Å². The topological polar surface area (TPSA) is 20.3 Å². The maximum atomic E-state index is 12.9. The molecule has 0 spiro atoms. The second-order valence-corrected chi connectivity index (χ2v) is 5.78. The van der Waals surface area contributed by atoms with Crippen molar-refractivity contribution < 1.29 is 18.0 Å². The summed E-state index contributed by atoms with van der Waals surface area (Å²) in [6, 6.07) is 10.9. The van der Waals surface area contributed by atoms with Crippen LogP contribution in [-0.2, 0) is 23.9 Å². The van der Waals surface area contributed by atoms with Gasteiger partial charge in [0, 0.05) is 13.1 Å². The standard InChI is InChI=1S/C19H16F3NO/c1-2-18(24)23-9-8-13-6-7-15(10-16(13)12-23)14-4-3-5-17(11-14)19(20,21)22/h2-7,10-11H,1,8-9,12H2. The van der Waals surface area contributed by atoms with Crippen molar-refractivity contribution in [3.63, 3.8) is 0 Å². The van der Waals surface area contributed by atoms with Gasteiger partial charge in [-0.05, 0) is 52.9 Å². The lowest BCUT2D eigenvalue weighted by Crippen LogP contribution is -2.34. The third kappa shape index (κ3) is 3.20. The van der Waals surface area contributed by atoms with Crippen LogP contribution < -0.4 is 0 Å². The Labute approximate surface area is 138 Å². The Hall–Kier alpha value is -2.56. The second-order valence-electron chi connectivity index (χ2n) is 5.78. The molecule has 0 atom stereocenters. The molecule has 0 unspecified atom stereocenters. The normalized spacial score (nSPS) is 14.2. The van der Waals surface area contributed by atoms with Crippen molar-refractivity contribution in [3.05, 3.63) is 71.8 Å². The molecule has 1 aliphatic heterocycles. The van der Waals surface area contributed by atoms with Crippen LogP contribution in [0.25, 0.3) is 11.1 Å². The summed E-state index contributed by atoms with van der Waals surface area (Å²) in [5.41, 5.74) is 2.65. The lowest BCUT2D eigenvalue weighted by atomic mass is 9.94. The van der Waals surface area contributed by atoms with E-state index in [0.29, 0.717) is 24.2 Å². The zero-order valence-electron chi connectivity index (χ0n) is 12.9. The molecule has 1 heterocycles. The average Bonchev–Trinajstić information content (AvgIpc) is 2.59. The molecule has 2 aromatic carbocycles. The van der Waals surface area contributed by atoms with Crippen molar-refractivity contribution in [3.8, 4) is 11.1 Å². The number of carbonyl (C=O) groups excluding carboxylic acids is 1. The van der Waals surface area contributed by atoms with Gasteiger partial charge >= 0.3 is 6.18 Å². The van der Waals surface area contributed by atoms with Crippen LogP contribution in [0.2, 0.25) is 0 Å². The summed E-state index contributed by atoms with van der Waals surface area (Å²) in [5, 5.41) is 0. The van der Waals surface area contributed by atoms with E-state index in [1.807, 2.05) is 18.2 Å². The van der Waals surface area contributed by atoms with Gasteiger partial charge in [0.05, 0.1) is 5.56 Å². The SMILES string of the molecule is C=CC(=O)N1CCc2ccc(-c3cccc(C(F)(F)F)c3)cc2C1. The predicted octanol–water partition coefficient (Wildman–Crippen LogP) is 4.44. The lowest BCUT2D eigenvalue weighted by Gasteiger charge is -2.28. The number of halogens is 3. The van der Waals surface area contributed by atoms with E-state index in [4.69, 9.17) is 0 Å². The fourth-order valence-electron chi connectivity index (χ4n) is 2.93. The number of nitrogens with zero attached hydrogens (tertiary/aromatic N) is 1. The Bertz CT molecular complexity index is 795. The first-order valence-electron chi connectivity index (χ1n) is 7.59. The first-order chi connectivity index (χ1) is 11.4. The number of rotatable bonds is 2. The molecule has 24 heavy (non-hydrogen) atoms. The fraction of sp³-hybridized carbons (Fsp3) is 0.211. The Kier molecular flexibility index (Phi) is 4.18. The number of benzene rings is 2. The van der Waals surface area contributed by atoms with Crippen molar-refractivity contribution in [1.82, 2.24) is 4.90 Å². The van der Waals surface area contributed by atoms with E-state index < -0.39 is 11.7 Å². The summed E-state index contributed by atoms with van der Waals surface area (Å²) in [6.45, 7) is 4.57. The third-order valence-electron chi connectivity index (χ3n) is 4.23. The summed E-state index contributed by atoms with van der Waals surface area (Å²) < 4.78 is 38.6. The predicted molar refractivity (Wildman–Crippen MR) is 86.2 cm³/mol. The van der Waals surface area contributed by atoms with Crippen LogP contribution in [0.4, 0.5) is 13.2 Å². The molecule has 1 amide bonds. The molecule has 2 nitrogen and oxygen atoms in total. The maximum Gasteiger partial charge on any atom is 0.416 e. The Morgan fingerprint density at radius 3 is 2.54 bits per heavy atom. The number of alkyl halides is 3. The van der Waals surface area contributed by atoms with Crippen LogP contribution in [0.5, 0.6) is 0 Å². The van der Waals surface area contributed by atoms with Crippen LogP contribution in [0.1, 0.15) is 16.7 Å². The average molecular weight is 331 g/mol. The molecule has 5 heteroatoms. The molecule has 0 saturated heterocycles. The van der Waals surface area contributed by atoms with Crippen LogP contribution in [0.15, 0.2) is 55.1 Å². The number of carbonyl (C=O) groups is 1. The van der Waals surface area contributed by atoms with E-state index in [1.54, 1.807) is 11.0 Å². The highest BCUT2D eigenvalue weighted by molar-refractivity contribution is 5.87. The molecular formula is C19H16F3NO. The smallest absolute Gasteiger partial charge is 0.335 e. The van der Waals surface area contributed by atoms with Crippen LogP contribution in [-0.4, -0.2) is 17.4 Å². The van der Waals surface area contributed by atoms with Crippen molar-refractivity contribution in [2.24, 2.45) is 0 Å². The van der Waals surface area contributed by atoms with Gasteiger partial charge in [-0.25, -0.2) is 0 Å². The zero-order chi connectivity index (χ0) is 17.3. The van der Waals surface area contributed by atoms with Crippen molar-refractivity contribution in [2.75, 3.05) is 6.54 Å². The summed E-state index contributed by atoms with van der Waals surface area (Å²) in [4.78, 5) is 13.5. The summed E-state index contributed by atoms with van der Waals surface area (Å²) in [6.07, 6.45) is -2.35. The number of hydrogen-bond donors (Lipinski definition) is 0. The molecular weight excluding hydrogens is 315 g/mol. The van der Waals surface area contributed by atoms with Crippen molar-refractivity contribution >= 4 is 5.91 Å². The third-order valence-corrected chi connectivity index (χ3v) is 4.23. The number of amides is 1. The van der Waals surface area contributed by atoms with Gasteiger partial charge < -0.3 is 4.90 Å². The summed E-state index contributed by atoms with van der Waals surface area (Å²) in [7, 11) is 0. The largest absolute Gasteiger partial charge is 0.416 e. The molecule has 124 valence electrons. The number of hydrogen-bond acceptors (Lipinski definition) is 1. The zero-order valence-corrected chi connectivity index (χ0v) is 12.9. The van der Waals surface area contributed by atoms with Gasteiger partial charge in [-0.15, -0.1) is 0 Å². The van der Waals surface area contributed by atoms with E-state index in [0.717, 1.165) is 29.7 Å². The highest BCUT2D eigenvalue weighted by Gasteiger charge is 2.30. The van der Waals surface area contributed by atoms with E-state index in [2.05, 4.69) is 6.58 Å². The minimum atomic E-state index is -4.36. The fourth-order valence-corrected chi connectivity index (χ4v) is 2.93. The summed E-state index contributed by atoms with van der Waals surface area (Å²) in [5.74, 6) is -0.134. The molecule has 2 aromatic rings. The molecule has 0 N–H and O–H groups in total. The minimum Gasteiger partial charge on any atom is -0.335 e. The molecule has 0 bridgehead atoms. The van der Waals surface area contributed by atoms with Gasteiger partial charge in [-0.2, -0.15) is 13.2 Å². The number of fused-ring (bicyclic) bond motifs is 1. The summed E-state index contributed by atoms with van der Waals surface area (Å²) >= 11 is 0. The molecule has 0 radical (unpaired) electrons. The van der Waals surface area contributed by atoms with Crippen LogP contribution >= 0.6 is 0 Å². The van der Waals surface area contributed by atoms with E-state index in [1.165, 1.54) is 12.1 Å². The second kappa shape index (κ2) is 6.15. The highest BCUT2D eigenvalue weighted by atomic mass is 19.4. The first kappa shape index (κ1) is 16.3. The monoisotopic (exact) mass is 331 g/mol. The molecule has 1 aliphatic rings. The molecule has 0 fully saturated rings. The van der Waals surface area contributed by atoms with E-state index >= 15 is 0 Å². The molecule has 3 rings (SSSR count). The molecule has 0 saturated carbocycles. The quantitative estimate of drug-likeness (QED) is 0.745. The Balaban J connectivity index is 1.95. The van der Waals surface area contributed by atoms with Gasteiger partial charge in [-0.3, -0.25) is 4.79 Å². The lowest BCUT2D eigenvalue weighted by molar-refractivity contribution is -0.137. The molecule has 0 aliphatic carbocycles. The van der Waals surface area contributed by atoms with Gasteiger partial charge in [0.2, 0.25) is 5.91 Å². The van der Waals surface area contributed by atoms with Crippen LogP contribution in [0.3, 0.4) is 0 Å². The molecule has 0 aromatic heterocycles. The highest BCUT2D eigenvalue weighted by Crippen LogP contribution is 2.33. The first-order valence-corrected chi connectivity index (χ1v) is 7.59.